The number of hydrogen-bond acceptors (Lipinski definition) is 4. The number of ether oxygens (including phenoxy) is 1. The number of aromatic nitrogens is 3. The van der Waals surface area contributed by atoms with E-state index in [-0.39, 0.29) is 19.2 Å². The Morgan fingerprint density at radius 2 is 1.50 bits per heavy atom. The number of nitrogens with zero attached hydrogens (tertiary/aromatic N) is 3. The summed E-state index contributed by atoms with van der Waals surface area (Å²) in [6, 6.07) is 0. The van der Waals surface area contributed by atoms with Gasteiger partial charge in [-0.15, -0.1) is 13.2 Å². The van der Waals surface area contributed by atoms with Gasteiger partial charge < -0.3 is 4.74 Å². The first-order valence-corrected chi connectivity index (χ1v) is 6.25. The summed E-state index contributed by atoms with van der Waals surface area (Å²) in [7, 11) is 0. The highest BCUT2D eigenvalue weighted by Gasteiger charge is 2.53. The lowest BCUT2D eigenvalue weighted by Gasteiger charge is -2.14. The van der Waals surface area contributed by atoms with E-state index >= 15 is 0 Å². The van der Waals surface area contributed by atoms with Crippen molar-refractivity contribution in [2.24, 2.45) is 0 Å². The van der Waals surface area contributed by atoms with Crippen LogP contribution in [0.3, 0.4) is 0 Å². The predicted octanol–water partition coefficient (Wildman–Crippen LogP) is -0.365. The summed E-state index contributed by atoms with van der Waals surface area (Å²) in [4.78, 5) is 36.8. The van der Waals surface area contributed by atoms with Crippen molar-refractivity contribution in [2.75, 3.05) is 0 Å². The van der Waals surface area contributed by atoms with Crippen molar-refractivity contribution in [2.45, 2.75) is 38.8 Å². The number of epoxide rings is 1. The lowest BCUT2D eigenvalue weighted by molar-refractivity contribution is 0.218. The fourth-order valence-corrected chi connectivity index (χ4v) is 2.14. The van der Waals surface area contributed by atoms with Crippen molar-refractivity contribution in [3.63, 3.8) is 0 Å². The molecule has 20 heavy (non-hydrogen) atoms. The monoisotopic (exact) mass is 279 g/mol. The van der Waals surface area contributed by atoms with Crippen molar-refractivity contribution in [3.05, 3.63) is 56.8 Å². The maximum absolute atomic E-state index is 12.3. The van der Waals surface area contributed by atoms with E-state index in [1.807, 2.05) is 0 Å². The van der Waals surface area contributed by atoms with E-state index in [2.05, 4.69) is 13.2 Å². The molecule has 0 spiro atoms. The third-order valence-electron chi connectivity index (χ3n) is 3.49. The Morgan fingerprint density at radius 3 is 1.80 bits per heavy atom. The Morgan fingerprint density at radius 1 is 1.10 bits per heavy atom. The van der Waals surface area contributed by atoms with E-state index in [9.17, 15) is 14.4 Å². The van der Waals surface area contributed by atoms with Gasteiger partial charge in [0.05, 0.1) is 13.1 Å². The molecular formula is C13H17N3O4. The van der Waals surface area contributed by atoms with E-state index in [0.717, 1.165) is 13.7 Å². The molecule has 1 aliphatic heterocycles. The van der Waals surface area contributed by atoms with E-state index in [1.165, 1.54) is 12.2 Å². The summed E-state index contributed by atoms with van der Waals surface area (Å²) in [6.07, 6.45) is 2.59. The Labute approximate surface area is 115 Å². The van der Waals surface area contributed by atoms with Gasteiger partial charge in [0.2, 0.25) is 0 Å². The van der Waals surface area contributed by atoms with Gasteiger partial charge in [0.25, 0.3) is 0 Å². The Balaban J connectivity index is 2.84. The second-order valence-corrected chi connectivity index (χ2v) is 4.80. The van der Waals surface area contributed by atoms with Gasteiger partial charge >= 0.3 is 17.1 Å². The summed E-state index contributed by atoms with van der Waals surface area (Å²) in [5.41, 5.74) is -3.06. The Hall–Kier alpha value is -2.15. The summed E-state index contributed by atoms with van der Waals surface area (Å²) in [5.74, 6) is 0. The van der Waals surface area contributed by atoms with Gasteiger partial charge in [-0.25, -0.2) is 28.1 Å². The van der Waals surface area contributed by atoms with Crippen LogP contribution in [0.15, 0.2) is 39.7 Å². The van der Waals surface area contributed by atoms with Crippen LogP contribution in [0.2, 0.25) is 0 Å². The van der Waals surface area contributed by atoms with Gasteiger partial charge in [-0.3, -0.25) is 0 Å². The summed E-state index contributed by atoms with van der Waals surface area (Å²) in [5, 5.41) is 0. The number of rotatable bonds is 5. The predicted molar refractivity (Wildman–Crippen MR) is 73.8 cm³/mol. The third-order valence-corrected chi connectivity index (χ3v) is 3.49. The lowest BCUT2D eigenvalue weighted by atomic mass is 10.2. The number of hydrogen-bond donors (Lipinski definition) is 0. The Bertz CT molecular complexity index is 691. The molecule has 0 N–H and O–H groups in total. The van der Waals surface area contributed by atoms with Crippen molar-refractivity contribution in [1.82, 2.24) is 13.7 Å². The van der Waals surface area contributed by atoms with Crippen LogP contribution in [-0.4, -0.2) is 19.8 Å². The van der Waals surface area contributed by atoms with Gasteiger partial charge in [0.15, 0.2) is 5.72 Å². The van der Waals surface area contributed by atoms with E-state index in [0.29, 0.717) is 0 Å². The molecule has 1 aromatic rings. The molecule has 108 valence electrons. The zero-order valence-electron chi connectivity index (χ0n) is 11.5. The molecule has 7 nitrogen and oxygen atoms in total. The lowest BCUT2D eigenvalue weighted by Crippen LogP contribution is -2.57. The SMILES string of the molecule is C=CCn1c(=O)n(CC=C)c(=O)n(C2(C)OC2C)c1=O. The van der Waals surface area contributed by atoms with Crippen molar-refractivity contribution in [3.8, 4) is 0 Å². The molecule has 0 radical (unpaired) electrons. The quantitative estimate of drug-likeness (QED) is 0.544. The van der Waals surface area contributed by atoms with Gasteiger partial charge in [-0.1, -0.05) is 12.2 Å². The van der Waals surface area contributed by atoms with Gasteiger partial charge in [0.1, 0.15) is 6.10 Å². The van der Waals surface area contributed by atoms with Gasteiger partial charge in [-0.05, 0) is 13.8 Å². The minimum atomic E-state index is -1.01. The molecular weight excluding hydrogens is 262 g/mol. The molecule has 1 aliphatic rings. The first kappa shape index (κ1) is 14.3. The van der Waals surface area contributed by atoms with E-state index in [4.69, 9.17) is 4.74 Å². The van der Waals surface area contributed by atoms with E-state index < -0.39 is 22.8 Å². The molecule has 0 aliphatic carbocycles. The van der Waals surface area contributed by atoms with Gasteiger partial charge in [-0.2, -0.15) is 0 Å². The highest BCUT2D eigenvalue weighted by molar-refractivity contribution is 4.97. The second kappa shape index (κ2) is 4.75. The molecule has 0 saturated carbocycles. The van der Waals surface area contributed by atoms with Crippen LogP contribution in [0.1, 0.15) is 13.8 Å². The first-order valence-electron chi connectivity index (χ1n) is 6.25. The number of allylic oxidation sites excluding steroid dienone is 2. The molecule has 2 rings (SSSR count). The van der Waals surface area contributed by atoms with Crippen LogP contribution in [-0.2, 0) is 23.6 Å². The molecule has 2 atom stereocenters. The smallest absolute Gasteiger partial charge is 0.339 e. The maximum atomic E-state index is 12.3. The average molecular weight is 279 g/mol. The van der Waals surface area contributed by atoms with Crippen LogP contribution in [0, 0.1) is 0 Å². The molecule has 2 unspecified atom stereocenters. The van der Waals surface area contributed by atoms with Crippen LogP contribution < -0.4 is 17.1 Å². The Kier molecular flexibility index (Phi) is 3.39. The zero-order valence-corrected chi connectivity index (χ0v) is 11.5. The molecule has 1 aromatic heterocycles. The molecule has 7 heteroatoms. The molecule has 0 aromatic carbocycles. The van der Waals surface area contributed by atoms with Crippen LogP contribution >= 0.6 is 0 Å². The normalized spacial score (nSPS) is 24.4. The summed E-state index contributed by atoms with van der Waals surface area (Å²) >= 11 is 0. The molecule has 0 amide bonds. The minimum absolute atomic E-state index is 0.0273. The fourth-order valence-electron chi connectivity index (χ4n) is 2.14. The zero-order chi connectivity index (χ0) is 15.1. The van der Waals surface area contributed by atoms with Crippen LogP contribution in [0.25, 0.3) is 0 Å². The van der Waals surface area contributed by atoms with Crippen molar-refractivity contribution < 1.29 is 4.74 Å². The van der Waals surface area contributed by atoms with Crippen LogP contribution in [0.4, 0.5) is 0 Å². The molecule has 0 bridgehead atoms. The van der Waals surface area contributed by atoms with Crippen molar-refractivity contribution in [1.29, 1.82) is 0 Å². The summed E-state index contributed by atoms with van der Waals surface area (Å²) < 4.78 is 8.23. The third kappa shape index (κ3) is 1.90. The highest BCUT2D eigenvalue weighted by atomic mass is 16.6. The largest absolute Gasteiger partial charge is 0.345 e. The van der Waals surface area contributed by atoms with Crippen LogP contribution in [0.5, 0.6) is 0 Å². The second-order valence-electron chi connectivity index (χ2n) is 4.80. The molecule has 2 heterocycles. The first-order chi connectivity index (χ1) is 9.38. The topological polar surface area (TPSA) is 78.5 Å². The fraction of sp³-hybridized carbons (Fsp3) is 0.462. The molecule has 1 fully saturated rings. The standard InChI is InChI=1S/C13H17N3O4/c1-5-7-14-10(17)15(8-6-2)12(19)16(11(14)18)13(4)9(3)20-13/h5-6,9H,1-2,7-8H2,3-4H3. The maximum Gasteiger partial charge on any atom is 0.339 e. The average Bonchev–Trinajstić information content (AvgIpc) is 2.98. The van der Waals surface area contributed by atoms with E-state index in [1.54, 1.807) is 13.8 Å². The summed E-state index contributed by atoms with van der Waals surface area (Å²) in [6.45, 7) is 10.5. The molecule has 1 saturated heterocycles. The van der Waals surface area contributed by atoms with Gasteiger partial charge in [0, 0.05) is 0 Å². The highest BCUT2D eigenvalue weighted by Crippen LogP contribution is 2.38. The van der Waals surface area contributed by atoms with Crippen molar-refractivity contribution >= 4 is 0 Å². The minimum Gasteiger partial charge on any atom is -0.345 e.